The van der Waals surface area contributed by atoms with Crippen molar-refractivity contribution in [3.63, 3.8) is 0 Å². The second-order valence-corrected chi connectivity index (χ2v) is 11.1. The minimum atomic E-state index is -0.124. The lowest BCUT2D eigenvalue weighted by molar-refractivity contribution is -0.119. The smallest absolute Gasteiger partial charge is 0.257 e. The molecule has 8 nitrogen and oxygen atoms in total. The van der Waals surface area contributed by atoms with Gasteiger partial charge in [0.05, 0.1) is 18.2 Å². The maximum Gasteiger partial charge on any atom is 0.257 e. The van der Waals surface area contributed by atoms with E-state index in [1.54, 1.807) is 48.6 Å². The molecule has 1 N–H and O–H groups in total. The van der Waals surface area contributed by atoms with Gasteiger partial charge in [-0.15, -0.1) is 11.3 Å². The van der Waals surface area contributed by atoms with Crippen LogP contribution in [-0.2, 0) is 16.1 Å². The lowest BCUT2D eigenvalue weighted by Gasteiger charge is -2.35. The first-order valence-corrected chi connectivity index (χ1v) is 13.7. The predicted molar refractivity (Wildman–Crippen MR) is 141 cm³/mol. The number of aromatic nitrogens is 1. The number of fused-ring (bicyclic) bond motifs is 1. The zero-order valence-electron chi connectivity index (χ0n) is 21.7. The lowest BCUT2D eigenvalue weighted by atomic mass is 10.0. The number of anilines is 1. The molecule has 2 aromatic rings. The maximum absolute atomic E-state index is 13.4. The van der Waals surface area contributed by atoms with Gasteiger partial charge in [-0.2, -0.15) is 0 Å². The fraction of sp³-hybridized carbons (Fsp3) is 0.593. The summed E-state index contributed by atoms with van der Waals surface area (Å²) >= 11 is 1.64. The van der Waals surface area contributed by atoms with Crippen LogP contribution in [0, 0.1) is 11.8 Å². The molecule has 1 saturated carbocycles. The van der Waals surface area contributed by atoms with E-state index >= 15 is 0 Å². The van der Waals surface area contributed by atoms with Crippen LogP contribution in [0.1, 0.15) is 54.9 Å². The maximum atomic E-state index is 13.4. The van der Waals surface area contributed by atoms with E-state index in [4.69, 9.17) is 9.47 Å². The van der Waals surface area contributed by atoms with Crippen LogP contribution in [0.3, 0.4) is 0 Å². The number of amides is 2. The fourth-order valence-electron chi connectivity index (χ4n) is 5.08. The molecular formula is C27H38N4O4S. The summed E-state index contributed by atoms with van der Waals surface area (Å²) in [5, 5.41) is 6.08. The number of benzene rings is 1. The molecule has 1 aromatic heterocycles. The number of rotatable bonds is 5. The number of likely N-dealkylation sites (N-methyl/N-ethyl adjacent to an activating group) is 1. The highest BCUT2D eigenvalue weighted by atomic mass is 32.1. The second-order valence-electron chi connectivity index (χ2n) is 10.1. The first kappa shape index (κ1) is 26.6. The van der Waals surface area contributed by atoms with Crippen molar-refractivity contribution in [3.8, 4) is 5.75 Å². The molecular weight excluding hydrogens is 476 g/mol. The average molecular weight is 515 g/mol. The zero-order chi connectivity index (χ0) is 25.7. The van der Waals surface area contributed by atoms with Crippen LogP contribution in [0.2, 0.25) is 0 Å². The van der Waals surface area contributed by atoms with Gasteiger partial charge in [-0.3, -0.25) is 14.5 Å². The summed E-state index contributed by atoms with van der Waals surface area (Å²) in [6.45, 7) is 6.67. The second kappa shape index (κ2) is 12.2. The highest BCUT2D eigenvalue weighted by Crippen LogP contribution is 2.29. The minimum Gasteiger partial charge on any atom is -0.491 e. The minimum absolute atomic E-state index is 0.0453. The van der Waals surface area contributed by atoms with Crippen molar-refractivity contribution < 1.29 is 19.1 Å². The van der Waals surface area contributed by atoms with Gasteiger partial charge in [-0.25, -0.2) is 4.98 Å². The van der Waals surface area contributed by atoms with Gasteiger partial charge in [0.25, 0.3) is 5.91 Å². The van der Waals surface area contributed by atoms with Gasteiger partial charge in [-0.1, -0.05) is 19.8 Å². The van der Waals surface area contributed by atoms with E-state index in [0.717, 1.165) is 43.8 Å². The van der Waals surface area contributed by atoms with Gasteiger partial charge in [0.15, 0.2) is 0 Å². The van der Waals surface area contributed by atoms with E-state index in [1.807, 2.05) is 11.6 Å². The summed E-state index contributed by atoms with van der Waals surface area (Å²) in [5.74, 6) is 0.663. The van der Waals surface area contributed by atoms with E-state index in [0.29, 0.717) is 30.2 Å². The van der Waals surface area contributed by atoms with E-state index in [-0.39, 0.29) is 35.8 Å². The van der Waals surface area contributed by atoms with Gasteiger partial charge in [0.2, 0.25) is 5.91 Å². The molecule has 0 spiro atoms. The molecule has 2 heterocycles. The molecule has 0 unspecified atom stereocenters. The van der Waals surface area contributed by atoms with Crippen molar-refractivity contribution in [1.29, 1.82) is 0 Å². The van der Waals surface area contributed by atoms with Crippen molar-refractivity contribution in [2.24, 2.45) is 11.8 Å². The summed E-state index contributed by atoms with van der Waals surface area (Å²) in [7, 11) is 3.50. The Labute approximate surface area is 218 Å². The number of carbonyl (C=O) groups excluding carboxylic acids is 2. The summed E-state index contributed by atoms with van der Waals surface area (Å²) in [4.78, 5) is 34.6. The third-order valence-corrected chi connectivity index (χ3v) is 8.16. The van der Waals surface area contributed by atoms with E-state index in [1.165, 1.54) is 0 Å². The van der Waals surface area contributed by atoms with Crippen LogP contribution < -0.4 is 10.1 Å². The quantitative estimate of drug-likeness (QED) is 0.641. The average Bonchev–Trinajstić information content (AvgIpc) is 3.59. The van der Waals surface area contributed by atoms with Crippen molar-refractivity contribution in [3.05, 3.63) is 40.3 Å². The molecule has 9 heteroatoms. The number of carbonyl (C=O) groups is 2. The Bertz CT molecular complexity index is 1020. The van der Waals surface area contributed by atoms with Gasteiger partial charge in [0, 0.05) is 62.5 Å². The number of hydrogen-bond acceptors (Lipinski definition) is 7. The van der Waals surface area contributed by atoms with E-state index in [2.05, 4.69) is 29.0 Å². The molecule has 36 heavy (non-hydrogen) atoms. The number of ether oxygens (including phenoxy) is 2. The largest absolute Gasteiger partial charge is 0.491 e. The number of nitrogens with zero attached hydrogens (tertiary/aromatic N) is 3. The molecule has 1 fully saturated rings. The fourth-order valence-corrected chi connectivity index (χ4v) is 5.72. The molecule has 0 radical (unpaired) electrons. The summed E-state index contributed by atoms with van der Waals surface area (Å²) in [6.07, 6.45) is 5.78. The molecule has 3 atom stereocenters. The topological polar surface area (TPSA) is 84.0 Å². The number of thiazole rings is 1. The molecule has 0 bridgehead atoms. The SMILES string of the molecule is CO[C@@H]1CN(C)C(=O)c2ccc(NC(=O)C3CCCC3)cc2OC[C@@H](C)N(Cc2nccs2)C[C@H]1C. The van der Waals surface area contributed by atoms with Gasteiger partial charge in [-0.05, 0) is 37.8 Å². The third kappa shape index (κ3) is 6.44. The zero-order valence-corrected chi connectivity index (χ0v) is 22.6. The Morgan fingerprint density at radius 3 is 2.72 bits per heavy atom. The summed E-state index contributed by atoms with van der Waals surface area (Å²) < 4.78 is 12.1. The number of hydrogen-bond donors (Lipinski definition) is 1. The molecule has 2 aliphatic rings. The molecule has 0 saturated heterocycles. The van der Waals surface area contributed by atoms with Crippen molar-refractivity contribution in [1.82, 2.24) is 14.8 Å². The Morgan fingerprint density at radius 2 is 2.03 bits per heavy atom. The molecule has 1 aromatic carbocycles. The lowest BCUT2D eigenvalue weighted by Crippen LogP contribution is -2.46. The first-order chi connectivity index (χ1) is 17.4. The van der Waals surface area contributed by atoms with Crippen LogP contribution in [0.25, 0.3) is 0 Å². The van der Waals surface area contributed by atoms with E-state index in [9.17, 15) is 9.59 Å². The van der Waals surface area contributed by atoms with Crippen LogP contribution in [0.4, 0.5) is 5.69 Å². The van der Waals surface area contributed by atoms with Crippen molar-refractivity contribution in [2.45, 2.75) is 58.2 Å². The van der Waals surface area contributed by atoms with Gasteiger partial charge < -0.3 is 19.7 Å². The Morgan fingerprint density at radius 1 is 1.25 bits per heavy atom. The predicted octanol–water partition coefficient (Wildman–Crippen LogP) is 4.28. The number of methoxy groups -OCH3 is 1. The molecule has 1 aliphatic heterocycles. The van der Waals surface area contributed by atoms with Gasteiger partial charge in [0.1, 0.15) is 17.4 Å². The van der Waals surface area contributed by atoms with Crippen molar-refractivity contribution in [2.75, 3.05) is 39.2 Å². The highest BCUT2D eigenvalue weighted by molar-refractivity contribution is 7.09. The monoisotopic (exact) mass is 514 g/mol. The van der Waals surface area contributed by atoms with Crippen molar-refractivity contribution >= 4 is 28.8 Å². The molecule has 196 valence electrons. The molecule has 4 rings (SSSR count). The Hall–Kier alpha value is -2.49. The van der Waals surface area contributed by atoms with E-state index < -0.39 is 0 Å². The van der Waals surface area contributed by atoms with Crippen LogP contribution >= 0.6 is 11.3 Å². The standard InChI is InChI=1S/C27H38N4O4S/c1-18-14-31(16-25-28-11-12-36-25)19(2)17-35-23-13-21(29-26(32)20-7-5-6-8-20)9-10-22(23)27(33)30(3)15-24(18)34-4/h9-13,18-20,24H,5-8,14-17H2,1-4H3,(H,29,32)/t18-,19-,24-/m1/s1. The molecule has 1 aliphatic carbocycles. The number of nitrogens with one attached hydrogen (secondary N) is 1. The third-order valence-electron chi connectivity index (χ3n) is 7.39. The van der Waals surface area contributed by atoms with Crippen LogP contribution in [0.5, 0.6) is 5.75 Å². The first-order valence-electron chi connectivity index (χ1n) is 12.8. The van der Waals surface area contributed by atoms with Gasteiger partial charge >= 0.3 is 0 Å². The van der Waals surface area contributed by atoms with Crippen LogP contribution in [-0.4, -0.2) is 72.6 Å². The molecule has 2 amide bonds. The summed E-state index contributed by atoms with van der Waals surface area (Å²) in [5.41, 5.74) is 1.14. The van der Waals surface area contributed by atoms with Crippen LogP contribution in [0.15, 0.2) is 29.8 Å². The highest BCUT2D eigenvalue weighted by Gasteiger charge is 2.29. The normalized spacial score (nSPS) is 24.5. The summed E-state index contributed by atoms with van der Waals surface area (Å²) in [6, 6.07) is 5.41. The Balaban J connectivity index is 1.60. The Kier molecular flexibility index (Phi) is 8.98.